The predicted molar refractivity (Wildman–Crippen MR) is 86.7 cm³/mol. The van der Waals surface area contributed by atoms with Gasteiger partial charge in [0.05, 0.1) is 18.7 Å². The van der Waals surface area contributed by atoms with Gasteiger partial charge in [0.25, 0.3) is 0 Å². The first-order valence-corrected chi connectivity index (χ1v) is 8.24. The highest BCUT2D eigenvalue weighted by Crippen LogP contribution is 2.44. The molecule has 1 saturated heterocycles. The lowest BCUT2D eigenvalue weighted by atomic mass is 9.74. The van der Waals surface area contributed by atoms with E-state index in [4.69, 9.17) is 0 Å². The fraction of sp³-hybridized carbons (Fsp3) is 0.556. The van der Waals surface area contributed by atoms with Crippen molar-refractivity contribution in [3.05, 3.63) is 35.9 Å². The highest BCUT2D eigenvalue weighted by atomic mass is 16.3. The molecule has 1 aliphatic carbocycles. The van der Waals surface area contributed by atoms with Gasteiger partial charge in [-0.15, -0.1) is 0 Å². The molecular formula is C18H24N2O3. The summed E-state index contributed by atoms with van der Waals surface area (Å²) in [6.45, 7) is 1.99. The molecule has 2 aliphatic rings. The van der Waals surface area contributed by atoms with Gasteiger partial charge < -0.3 is 14.9 Å². The van der Waals surface area contributed by atoms with Crippen molar-refractivity contribution in [1.82, 2.24) is 9.80 Å². The third-order valence-corrected chi connectivity index (χ3v) is 5.09. The lowest BCUT2D eigenvalue weighted by molar-refractivity contribution is -0.155. The molecule has 1 aliphatic heterocycles. The van der Waals surface area contributed by atoms with Gasteiger partial charge in [0.2, 0.25) is 11.8 Å². The first-order chi connectivity index (χ1) is 11.0. The second kappa shape index (κ2) is 6.32. The third-order valence-electron chi connectivity index (χ3n) is 5.09. The minimum atomic E-state index is -0.184. The zero-order valence-corrected chi connectivity index (χ0v) is 13.7. The molecule has 5 heteroatoms. The Hall–Kier alpha value is -1.88. The fourth-order valence-corrected chi connectivity index (χ4v) is 3.55. The van der Waals surface area contributed by atoms with Crippen molar-refractivity contribution in [3.8, 4) is 0 Å². The van der Waals surface area contributed by atoms with Crippen LogP contribution in [0.2, 0.25) is 0 Å². The third kappa shape index (κ3) is 2.98. The standard InChI is InChI=1S/C18H24N2O3/c1-12(22)19(2)10-15-17(13-6-4-3-5-7-13)16(11-21)20(15)18(23)14-8-9-14/h3-7,14-17,21H,8-11H2,1-2H3/t15-,16+,17-/m1/s1. The second-order valence-corrected chi connectivity index (χ2v) is 6.67. The fourth-order valence-electron chi connectivity index (χ4n) is 3.55. The van der Waals surface area contributed by atoms with Gasteiger partial charge in [-0.25, -0.2) is 0 Å². The highest BCUT2D eigenvalue weighted by molar-refractivity contribution is 5.83. The van der Waals surface area contributed by atoms with Gasteiger partial charge in [-0.05, 0) is 18.4 Å². The zero-order chi connectivity index (χ0) is 16.6. The minimum absolute atomic E-state index is 0.0110. The van der Waals surface area contributed by atoms with Gasteiger partial charge in [0, 0.05) is 32.4 Å². The molecule has 1 aromatic carbocycles. The van der Waals surface area contributed by atoms with E-state index >= 15 is 0 Å². The molecule has 1 heterocycles. The first-order valence-electron chi connectivity index (χ1n) is 8.24. The molecule has 23 heavy (non-hydrogen) atoms. The van der Waals surface area contributed by atoms with Crippen LogP contribution in [-0.4, -0.2) is 59.0 Å². The topological polar surface area (TPSA) is 60.9 Å². The number of hydrogen-bond acceptors (Lipinski definition) is 3. The number of rotatable bonds is 5. The van der Waals surface area contributed by atoms with Crippen LogP contribution < -0.4 is 0 Å². The Morgan fingerprint density at radius 2 is 1.87 bits per heavy atom. The minimum Gasteiger partial charge on any atom is -0.394 e. The zero-order valence-electron chi connectivity index (χ0n) is 13.7. The number of aliphatic hydroxyl groups is 1. The van der Waals surface area contributed by atoms with E-state index in [1.54, 1.807) is 11.9 Å². The molecule has 1 aromatic rings. The van der Waals surface area contributed by atoms with Gasteiger partial charge in [-0.2, -0.15) is 0 Å². The average Bonchev–Trinajstić information content (AvgIpc) is 3.36. The number of carbonyl (C=O) groups excluding carboxylic acids is 2. The van der Waals surface area contributed by atoms with E-state index in [9.17, 15) is 14.7 Å². The van der Waals surface area contributed by atoms with Crippen molar-refractivity contribution in [2.75, 3.05) is 20.2 Å². The molecule has 3 atom stereocenters. The number of benzene rings is 1. The number of carbonyl (C=O) groups is 2. The quantitative estimate of drug-likeness (QED) is 0.889. The van der Waals surface area contributed by atoms with Gasteiger partial charge in [-0.3, -0.25) is 9.59 Å². The average molecular weight is 316 g/mol. The van der Waals surface area contributed by atoms with Crippen molar-refractivity contribution < 1.29 is 14.7 Å². The lowest BCUT2D eigenvalue weighted by Crippen LogP contribution is -2.68. The van der Waals surface area contributed by atoms with Crippen LogP contribution in [0.5, 0.6) is 0 Å². The van der Waals surface area contributed by atoms with E-state index in [-0.39, 0.29) is 42.3 Å². The molecule has 0 unspecified atom stereocenters. The maximum atomic E-state index is 12.6. The van der Waals surface area contributed by atoms with E-state index in [2.05, 4.69) is 0 Å². The Bertz CT molecular complexity index is 585. The summed E-state index contributed by atoms with van der Waals surface area (Å²) in [4.78, 5) is 27.7. The summed E-state index contributed by atoms with van der Waals surface area (Å²) in [5, 5.41) is 9.83. The molecular weight excluding hydrogens is 292 g/mol. The first kappa shape index (κ1) is 16.0. The number of hydrogen-bond donors (Lipinski definition) is 1. The number of aliphatic hydroxyl groups excluding tert-OH is 1. The summed E-state index contributed by atoms with van der Waals surface area (Å²) in [7, 11) is 1.76. The van der Waals surface area contributed by atoms with Gasteiger partial charge in [0.15, 0.2) is 0 Å². The highest BCUT2D eigenvalue weighted by Gasteiger charge is 2.53. The number of amides is 2. The number of nitrogens with zero attached hydrogens (tertiary/aromatic N) is 2. The Labute approximate surface area is 136 Å². The van der Waals surface area contributed by atoms with Gasteiger partial charge in [-0.1, -0.05) is 30.3 Å². The summed E-state index contributed by atoms with van der Waals surface area (Å²) < 4.78 is 0. The Morgan fingerprint density at radius 3 is 2.39 bits per heavy atom. The Kier molecular flexibility index (Phi) is 4.39. The van der Waals surface area contributed by atoms with Crippen LogP contribution in [0.3, 0.4) is 0 Å². The number of likely N-dealkylation sites (N-methyl/N-ethyl adjacent to an activating group) is 1. The molecule has 0 radical (unpaired) electrons. The Balaban J connectivity index is 1.86. The van der Waals surface area contributed by atoms with Crippen LogP contribution in [0.1, 0.15) is 31.2 Å². The summed E-state index contributed by atoms with van der Waals surface area (Å²) >= 11 is 0. The van der Waals surface area contributed by atoms with Crippen molar-refractivity contribution in [3.63, 3.8) is 0 Å². The monoisotopic (exact) mass is 316 g/mol. The van der Waals surface area contributed by atoms with Crippen molar-refractivity contribution in [1.29, 1.82) is 0 Å². The van der Waals surface area contributed by atoms with Crippen molar-refractivity contribution in [2.45, 2.75) is 37.8 Å². The molecule has 1 saturated carbocycles. The summed E-state index contributed by atoms with van der Waals surface area (Å²) in [6, 6.07) is 9.73. The Morgan fingerprint density at radius 1 is 1.22 bits per heavy atom. The van der Waals surface area contributed by atoms with E-state index in [0.29, 0.717) is 6.54 Å². The van der Waals surface area contributed by atoms with E-state index in [0.717, 1.165) is 18.4 Å². The summed E-state index contributed by atoms with van der Waals surface area (Å²) in [5.74, 6) is 0.317. The maximum absolute atomic E-state index is 12.6. The largest absolute Gasteiger partial charge is 0.394 e. The normalized spacial score (nSPS) is 26.6. The van der Waals surface area contributed by atoms with Crippen LogP contribution in [0.4, 0.5) is 0 Å². The molecule has 2 amide bonds. The molecule has 0 bridgehead atoms. The summed E-state index contributed by atoms with van der Waals surface area (Å²) in [5.41, 5.74) is 1.12. The molecule has 2 fully saturated rings. The van der Waals surface area contributed by atoms with E-state index < -0.39 is 0 Å². The van der Waals surface area contributed by atoms with E-state index in [1.165, 1.54) is 6.92 Å². The second-order valence-electron chi connectivity index (χ2n) is 6.67. The van der Waals surface area contributed by atoms with Gasteiger partial charge in [0.1, 0.15) is 0 Å². The molecule has 5 nitrogen and oxygen atoms in total. The molecule has 1 N–H and O–H groups in total. The predicted octanol–water partition coefficient (Wildman–Crippen LogP) is 1.23. The van der Waals surface area contributed by atoms with Crippen LogP contribution in [0, 0.1) is 5.92 Å². The molecule has 3 rings (SSSR count). The summed E-state index contributed by atoms with van der Waals surface area (Å²) in [6.07, 6.45) is 1.89. The number of likely N-dealkylation sites (tertiary alicyclic amines) is 1. The van der Waals surface area contributed by atoms with Crippen LogP contribution in [-0.2, 0) is 9.59 Å². The smallest absolute Gasteiger partial charge is 0.226 e. The molecule has 0 aromatic heterocycles. The van der Waals surface area contributed by atoms with Crippen LogP contribution >= 0.6 is 0 Å². The lowest BCUT2D eigenvalue weighted by Gasteiger charge is -2.56. The maximum Gasteiger partial charge on any atom is 0.226 e. The SMILES string of the molecule is CC(=O)N(C)C[C@@H]1[C@@H](c2ccccc2)[C@H](CO)N1C(=O)C1CC1. The molecule has 124 valence electrons. The van der Waals surface area contributed by atoms with Crippen LogP contribution in [0.25, 0.3) is 0 Å². The van der Waals surface area contributed by atoms with E-state index in [1.807, 2.05) is 35.2 Å². The van der Waals surface area contributed by atoms with Gasteiger partial charge >= 0.3 is 0 Å². The van der Waals surface area contributed by atoms with Crippen molar-refractivity contribution >= 4 is 11.8 Å². The van der Waals surface area contributed by atoms with Crippen molar-refractivity contribution in [2.24, 2.45) is 5.92 Å². The molecule has 0 spiro atoms. The van der Waals surface area contributed by atoms with Crippen LogP contribution in [0.15, 0.2) is 30.3 Å².